The van der Waals surface area contributed by atoms with Gasteiger partial charge in [0, 0.05) is 6.54 Å². The molecular formula is C13H15FN2O4. The van der Waals surface area contributed by atoms with E-state index in [4.69, 9.17) is 0 Å². The maximum atomic E-state index is 13.2. The van der Waals surface area contributed by atoms with Crippen molar-refractivity contribution in [2.45, 2.75) is 31.7 Å². The van der Waals surface area contributed by atoms with Crippen LogP contribution in [-0.2, 0) is 4.79 Å². The normalized spacial score (nSPS) is 22.0. The molecule has 1 heterocycles. The van der Waals surface area contributed by atoms with Crippen LogP contribution in [0.2, 0.25) is 0 Å². The Hall–Kier alpha value is -2.18. The van der Waals surface area contributed by atoms with E-state index in [-0.39, 0.29) is 5.69 Å². The van der Waals surface area contributed by atoms with E-state index in [0.717, 1.165) is 12.1 Å². The fourth-order valence-corrected chi connectivity index (χ4v) is 2.84. The molecule has 0 spiro atoms. The summed E-state index contributed by atoms with van der Waals surface area (Å²) in [6.07, 6.45) is 1.39. The first-order chi connectivity index (χ1) is 9.42. The molecule has 1 saturated heterocycles. The predicted molar refractivity (Wildman–Crippen MR) is 70.3 cm³/mol. The zero-order valence-electron chi connectivity index (χ0n) is 11.0. The third-order valence-corrected chi connectivity index (χ3v) is 3.90. The second kappa shape index (κ2) is 5.07. The van der Waals surface area contributed by atoms with Crippen LogP contribution >= 0.6 is 0 Å². The van der Waals surface area contributed by atoms with Crippen molar-refractivity contribution in [3.8, 4) is 0 Å². The van der Waals surface area contributed by atoms with Gasteiger partial charge in [0.2, 0.25) is 0 Å². The highest BCUT2D eigenvalue weighted by Crippen LogP contribution is 2.41. The fourth-order valence-electron chi connectivity index (χ4n) is 2.84. The number of nitrogens with zero attached hydrogens (tertiary/aromatic N) is 2. The molecule has 0 aliphatic carbocycles. The van der Waals surface area contributed by atoms with Gasteiger partial charge in [0.1, 0.15) is 17.0 Å². The SMILES string of the molecule is CCC1(C(=O)O)CCCN1c1ccc(F)cc1[N+](=O)[O-]. The van der Waals surface area contributed by atoms with E-state index >= 15 is 0 Å². The van der Waals surface area contributed by atoms with Crippen molar-refractivity contribution in [2.24, 2.45) is 0 Å². The van der Waals surface area contributed by atoms with Crippen LogP contribution in [-0.4, -0.2) is 28.1 Å². The van der Waals surface area contributed by atoms with E-state index in [0.29, 0.717) is 25.8 Å². The lowest BCUT2D eigenvalue weighted by Gasteiger charge is -2.35. The third kappa shape index (κ3) is 2.09. The highest BCUT2D eigenvalue weighted by molar-refractivity contribution is 5.86. The molecule has 0 bridgehead atoms. The molecule has 20 heavy (non-hydrogen) atoms. The summed E-state index contributed by atoms with van der Waals surface area (Å²) in [5.41, 5.74) is -1.38. The Balaban J connectivity index is 2.55. The van der Waals surface area contributed by atoms with Crippen molar-refractivity contribution in [1.29, 1.82) is 0 Å². The Morgan fingerprint density at radius 3 is 2.85 bits per heavy atom. The summed E-state index contributed by atoms with van der Waals surface area (Å²) in [5.74, 6) is -1.71. The average Bonchev–Trinajstić information content (AvgIpc) is 2.83. The lowest BCUT2D eigenvalue weighted by Crippen LogP contribution is -2.50. The molecule has 1 N–H and O–H groups in total. The molecule has 108 valence electrons. The highest BCUT2D eigenvalue weighted by atomic mass is 19.1. The van der Waals surface area contributed by atoms with Crippen LogP contribution in [0.1, 0.15) is 26.2 Å². The third-order valence-electron chi connectivity index (χ3n) is 3.90. The Kier molecular flexibility index (Phi) is 3.61. The number of aliphatic carboxylic acids is 1. The van der Waals surface area contributed by atoms with E-state index in [1.807, 2.05) is 0 Å². The zero-order chi connectivity index (χ0) is 14.9. The minimum atomic E-state index is -1.15. The number of hydrogen-bond donors (Lipinski definition) is 1. The number of benzene rings is 1. The number of nitro groups is 1. The second-order valence-electron chi connectivity index (χ2n) is 4.84. The number of carboxylic acids is 1. The molecule has 1 aliphatic heterocycles. The summed E-state index contributed by atoms with van der Waals surface area (Å²) in [5, 5.41) is 20.6. The van der Waals surface area contributed by atoms with Gasteiger partial charge in [-0.05, 0) is 31.4 Å². The standard InChI is InChI=1S/C13H15FN2O4/c1-2-13(12(17)18)6-3-7-15(13)10-5-4-9(14)8-11(10)16(19)20/h4-5,8H,2-3,6-7H2,1H3,(H,17,18). The Morgan fingerprint density at radius 1 is 1.60 bits per heavy atom. The first kappa shape index (κ1) is 14.2. The molecule has 1 aromatic rings. The van der Waals surface area contributed by atoms with Gasteiger partial charge in [-0.25, -0.2) is 9.18 Å². The van der Waals surface area contributed by atoms with Crippen LogP contribution in [0.5, 0.6) is 0 Å². The van der Waals surface area contributed by atoms with Crippen molar-refractivity contribution in [3.05, 3.63) is 34.1 Å². The summed E-state index contributed by atoms with van der Waals surface area (Å²) in [4.78, 5) is 23.5. The number of rotatable bonds is 4. The number of halogens is 1. The van der Waals surface area contributed by atoms with Crippen LogP contribution in [0.4, 0.5) is 15.8 Å². The maximum absolute atomic E-state index is 13.2. The lowest BCUT2D eigenvalue weighted by atomic mass is 9.92. The van der Waals surface area contributed by atoms with Gasteiger partial charge in [0.25, 0.3) is 5.69 Å². The van der Waals surface area contributed by atoms with Gasteiger partial charge in [0.05, 0.1) is 11.0 Å². The van der Waals surface area contributed by atoms with Gasteiger partial charge < -0.3 is 10.0 Å². The van der Waals surface area contributed by atoms with Crippen molar-refractivity contribution in [1.82, 2.24) is 0 Å². The molecular weight excluding hydrogens is 267 g/mol. The molecule has 7 heteroatoms. The minimum absolute atomic E-state index is 0.165. The summed E-state index contributed by atoms with van der Waals surface area (Å²) in [7, 11) is 0. The minimum Gasteiger partial charge on any atom is -0.479 e. The molecule has 0 saturated carbocycles. The van der Waals surface area contributed by atoms with E-state index in [9.17, 15) is 24.4 Å². The van der Waals surface area contributed by atoms with E-state index in [1.54, 1.807) is 6.92 Å². The summed E-state index contributed by atoms with van der Waals surface area (Å²) in [6.45, 7) is 2.15. The molecule has 0 aromatic heterocycles. The van der Waals surface area contributed by atoms with Crippen LogP contribution in [0.15, 0.2) is 18.2 Å². The van der Waals surface area contributed by atoms with Crippen molar-refractivity contribution < 1.29 is 19.2 Å². The first-order valence-corrected chi connectivity index (χ1v) is 6.37. The molecule has 0 amide bonds. The highest BCUT2D eigenvalue weighted by Gasteiger charge is 2.48. The van der Waals surface area contributed by atoms with E-state index in [2.05, 4.69) is 0 Å². The zero-order valence-corrected chi connectivity index (χ0v) is 11.0. The number of carbonyl (C=O) groups is 1. The van der Waals surface area contributed by atoms with Crippen molar-refractivity contribution >= 4 is 17.3 Å². The molecule has 2 rings (SSSR count). The predicted octanol–water partition coefficient (Wildman–Crippen LogP) is 2.57. The van der Waals surface area contributed by atoms with E-state index < -0.39 is 27.9 Å². The molecule has 1 aliphatic rings. The average molecular weight is 282 g/mol. The molecule has 1 aromatic carbocycles. The molecule has 1 unspecified atom stereocenters. The summed E-state index contributed by atoms with van der Waals surface area (Å²) >= 11 is 0. The van der Waals surface area contributed by atoms with Gasteiger partial charge in [-0.1, -0.05) is 6.92 Å². The first-order valence-electron chi connectivity index (χ1n) is 6.37. The topological polar surface area (TPSA) is 83.7 Å². The van der Waals surface area contributed by atoms with Crippen LogP contribution in [0.25, 0.3) is 0 Å². The molecule has 0 radical (unpaired) electrons. The lowest BCUT2D eigenvalue weighted by molar-refractivity contribution is -0.384. The van der Waals surface area contributed by atoms with Gasteiger partial charge in [-0.3, -0.25) is 10.1 Å². The van der Waals surface area contributed by atoms with Crippen LogP contribution in [0, 0.1) is 15.9 Å². The van der Waals surface area contributed by atoms with E-state index in [1.165, 1.54) is 11.0 Å². The Labute approximate surface area is 115 Å². The number of nitro benzene ring substituents is 1. The van der Waals surface area contributed by atoms with Crippen LogP contribution in [0.3, 0.4) is 0 Å². The second-order valence-corrected chi connectivity index (χ2v) is 4.84. The van der Waals surface area contributed by atoms with Gasteiger partial charge in [-0.15, -0.1) is 0 Å². The van der Waals surface area contributed by atoms with Crippen molar-refractivity contribution in [2.75, 3.05) is 11.4 Å². The Morgan fingerprint density at radius 2 is 2.30 bits per heavy atom. The number of anilines is 1. The number of hydrogen-bond acceptors (Lipinski definition) is 4. The monoisotopic (exact) mass is 282 g/mol. The number of carboxylic acid groups (broad SMARTS) is 1. The van der Waals surface area contributed by atoms with Crippen LogP contribution < -0.4 is 4.90 Å². The summed E-state index contributed by atoms with van der Waals surface area (Å²) < 4.78 is 13.2. The molecule has 1 fully saturated rings. The van der Waals surface area contributed by atoms with Gasteiger partial charge in [-0.2, -0.15) is 0 Å². The van der Waals surface area contributed by atoms with Gasteiger partial charge >= 0.3 is 5.97 Å². The Bertz CT molecular complexity index is 563. The quantitative estimate of drug-likeness (QED) is 0.677. The maximum Gasteiger partial charge on any atom is 0.329 e. The molecule has 6 nitrogen and oxygen atoms in total. The molecule has 1 atom stereocenters. The smallest absolute Gasteiger partial charge is 0.329 e. The largest absolute Gasteiger partial charge is 0.479 e. The van der Waals surface area contributed by atoms with Crippen molar-refractivity contribution in [3.63, 3.8) is 0 Å². The fraction of sp³-hybridized carbons (Fsp3) is 0.462. The van der Waals surface area contributed by atoms with Gasteiger partial charge in [0.15, 0.2) is 0 Å². The summed E-state index contributed by atoms with van der Waals surface area (Å²) in [6, 6.07) is 3.23.